The molecule has 19 heavy (non-hydrogen) atoms. The number of rotatable bonds is 7. The van der Waals surface area contributed by atoms with Crippen LogP contribution in [0.3, 0.4) is 0 Å². The van der Waals surface area contributed by atoms with Crippen LogP contribution in [0.25, 0.3) is 0 Å². The minimum absolute atomic E-state index is 0.646. The summed E-state index contributed by atoms with van der Waals surface area (Å²) in [6.07, 6.45) is 6.41. The van der Waals surface area contributed by atoms with E-state index in [4.69, 9.17) is 0 Å². The second-order valence-corrected chi connectivity index (χ2v) is 6.10. The van der Waals surface area contributed by atoms with Crippen LogP contribution in [0.1, 0.15) is 61.8 Å². The molecule has 0 N–H and O–H groups in total. The van der Waals surface area contributed by atoms with Gasteiger partial charge in [0.2, 0.25) is 0 Å². The molecule has 0 aromatic heterocycles. The summed E-state index contributed by atoms with van der Waals surface area (Å²) in [5.41, 5.74) is 7.09. The highest BCUT2D eigenvalue weighted by Crippen LogP contribution is 2.24. The molecule has 0 saturated heterocycles. The SMILES string of the molecule is C=C(C)C(CCCCC)Cc1cc(C)c(C)c(C)c1. The average Bonchev–Trinajstić information content (AvgIpc) is 2.34. The van der Waals surface area contributed by atoms with Gasteiger partial charge >= 0.3 is 0 Å². The molecule has 0 heteroatoms. The summed E-state index contributed by atoms with van der Waals surface area (Å²) in [6, 6.07) is 4.72. The molecular formula is C19H30. The van der Waals surface area contributed by atoms with Gasteiger partial charge in [0.05, 0.1) is 0 Å². The van der Waals surface area contributed by atoms with Crippen molar-refractivity contribution in [3.63, 3.8) is 0 Å². The van der Waals surface area contributed by atoms with Crippen molar-refractivity contribution >= 4 is 0 Å². The fourth-order valence-electron chi connectivity index (χ4n) is 2.69. The summed E-state index contributed by atoms with van der Waals surface area (Å²) in [5.74, 6) is 0.646. The van der Waals surface area contributed by atoms with Crippen LogP contribution in [-0.2, 0) is 6.42 Å². The summed E-state index contributed by atoms with van der Waals surface area (Å²) in [5, 5.41) is 0. The Bertz CT molecular complexity index is 403. The number of benzene rings is 1. The molecule has 1 unspecified atom stereocenters. The Hall–Kier alpha value is -1.04. The van der Waals surface area contributed by atoms with Crippen molar-refractivity contribution in [2.45, 2.75) is 66.7 Å². The molecule has 0 amide bonds. The lowest BCUT2D eigenvalue weighted by atomic mass is 9.87. The van der Waals surface area contributed by atoms with Crippen LogP contribution in [0.4, 0.5) is 0 Å². The van der Waals surface area contributed by atoms with Gasteiger partial charge in [0.25, 0.3) is 0 Å². The van der Waals surface area contributed by atoms with Gasteiger partial charge in [-0.2, -0.15) is 0 Å². The van der Waals surface area contributed by atoms with E-state index >= 15 is 0 Å². The lowest BCUT2D eigenvalue weighted by Crippen LogP contribution is -2.07. The number of hydrogen-bond acceptors (Lipinski definition) is 0. The quantitative estimate of drug-likeness (QED) is 0.420. The standard InChI is InChI=1S/C19H30/c1-7-8-9-10-19(14(2)3)13-18-11-15(4)17(6)16(5)12-18/h11-12,19H,2,7-10,13H2,1,3-6H3. The van der Waals surface area contributed by atoms with Gasteiger partial charge in [0, 0.05) is 0 Å². The molecule has 0 fully saturated rings. The molecule has 1 rings (SSSR count). The Morgan fingerprint density at radius 2 is 1.68 bits per heavy atom. The topological polar surface area (TPSA) is 0 Å². The van der Waals surface area contributed by atoms with Gasteiger partial charge in [0.15, 0.2) is 0 Å². The first kappa shape index (κ1) is 16.0. The Kier molecular flexibility index (Phi) is 6.34. The van der Waals surface area contributed by atoms with E-state index < -0.39 is 0 Å². The Balaban J connectivity index is 2.76. The second-order valence-electron chi connectivity index (χ2n) is 6.10. The molecule has 0 aliphatic rings. The molecule has 1 atom stereocenters. The third-order valence-electron chi connectivity index (χ3n) is 4.32. The molecule has 0 nitrogen and oxygen atoms in total. The zero-order valence-corrected chi connectivity index (χ0v) is 13.5. The average molecular weight is 258 g/mol. The molecule has 0 radical (unpaired) electrons. The van der Waals surface area contributed by atoms with Crippen LogP contribution in [0.5, 0.6) is 0 Å². The number of aryl methyl sites for hydroxylation is 2. The summed E-state index contributed by atoms with van der Waals surface area (Å²) >= 11 is 0. The zero-order valence-electron chi connectivity index (χ0n) is 13.5. The van der Waals surface area contributed by atoms with Gasteiger partial charge in [-0.25, -0.2) is 0 Å². The van der Waals surface area contributed by atoms with Crippen molar-refractivity contribution in [2.75, 3.05) is 0 Å². The van der Waals surface area contributed by atoms with E-state index in [0.717, 1.165) is 6.42 Å². The lowest BCUT2D eigenvalue weighted by molar-refractivity contribution is 0.515. The van der Waals surface area contributed by atoms with E-state index in [1.165, 1.54) is 53.5 Å². The van der Waals surface area contributed by atoms with E-state index in [1.807, 2.05) is 0 Å². The number of hydrogen-bond donors (Lipinski definition) is 0. The highest BCUT2D eigenvalue weighted by atomic mass is 14.2. The fraction of sp³-hybridized carbons (Fsp3) is 0.579. The molecular weight excluding hydrogens is 228 g/mol. The molecule has 0 heterocycles. The third-order valence-corrected chi connectivity index (χ3v) is 4.32. The molecule has 0 aliphatic heterocycles. The van der Waals surface area contributed by atoms with E-state index in [0.29, 0.717) is 5.92 Å². The summed E-state index contributed by atoms with van der Waals surface area (Å²) in [6.45, 7) is 15.3. The van der Waals surface area contributed by atoms with Crippen molar-refractivity contribution in [1.82, 2.24) is 0 Å². The van der Waals surface area contributed by atoms with Gasteiger partial charge in [-0.1, -0.05) is 50.5 Å². The second kappa shape index (κ2) is 7.53. The van der Waals surface area contributed by atoms with E-state index in [1.54, 1.807) is 0 Å². The summed E-state index contributed by atoms with van der Waals surface area (Å²) in [4.78, 5) is 0. The molecule has 0 spiro atoms. The highest BCUT2D eigenvalue weighted by Gasteiger charge is 2.11. The van der Waals surface area contributed by atoms with Crippen molar-refractivity contribution in [3.8, 4) is 0 Å². The predicted molar refractivity (Wildman–Crippen MR) is 86.8 cm³/mol. The Morgan fingerprint density at radius 1 is 1.11 bits per heavy atom. The zero-order chi connectivity index (χ0) is 14.4. The summed E-state index contributed by atoms with van der Waals surface area (Å²) in [7, 11) is 0. The first-order valence-corrected chi connectivity index (χ1v) is 7.67. The lowest BCUT2D eigenvalue weighted by Gasteiger charge is -2.18. The molecule has 0 saturated carbocycles. The van der Waals surface area contributed by atoms with Crippen molar-refractivity contribution in [2.24, 2.45) is 5.92 Å². The minimum atomic E-state index is 0.646. The number of unbranched alkanes of at least 4 members (excludes halogenated alkanes) is 2. The van der Waals surface area contributed by atoms with Gasteiger partial charge in [-0.05, 0) is 68.7 Å². The molecule has 1 aromatic carbocycles. The Labute approximate surface area is 119 Å². The predicted octanol–water partition coefficient (Wildman–Crippen LogP) is 5.93. The highest BCUT2D eigenvalue weighted by molar-refractivity contribution is 5.37. The van der Waals surface area contributed by atoms with Gasteiger partial charge < -0.3 is 0 Å². The first-order valence-electron chi connectivity index (χ1n) is 7.67. The van der Waals surface area contributed by atoms with Crippen molar-refractivity contribution in [1.29, 1.82) is 0 Å². The van der Waals surface area contributed by atoms with Crippen LogP contribution in [0.2, 0.25) is 0 Å². The maximum atomic E-state index is 4.19. The van der Waals surface area contributed by atoms with Crippen LogP contribution in [-0.4, -0.2) is 0 Å². The molecule has 0 bridgehead atoms. The monoisotopic (exact) mass is 258 g/mol. The van der Waals surface area contributed by atoms with Crippen molar-refractivity contribution < 1.29 is 0 Å². The van der Waals surface area contributed by atoms with Gasteiger partial charge in [0.1, 0.15) is 0 Å². The van der Waals surface area contributed by atoms with Crippen LogP contribution in [0, 0.1) is 26.7 Å². The molecule has 1 aromatic rings. The fourth-order valence-corrected chi connectivity index (χ4v) is 2.69. The molecule has 0 aliphatic carbocycles. The largest absolute Gasteiger partial charge is 0.0998 e. The van der Waals surface area contributed by atoms with Crippen LogP contribution < -0.4 is 0 Å². The van der Waals surface area contributed by atoms with E-state index in [-0.39, 0.29) is 0 Å². The number of allylic oxidation sites excluding steroid dienone is 1. The van der Waals surface area contributed by atoms with Crippen molar-refractivity contribution in [3.05, 3.63) is 46.5 Å². The van der Waals surface area contributed by atoms with Crippen LogP contribution >= 0.6 is 0 Å². The third kappa shape index (κ3) is 4.86. The molecule has 106 valence electrons. The Morgan fingerprint density at radius 3 is 2.16 bits per heavy atom. The van der Waals surface area contributed by atoms with E-state index in [9.17, 15) is 0 Å². The van der Waals surface area contributed by atoms with Crippen LogP contribution in [0.15, 0.2) is 24.3 Å². The smallest absolute Gasteiger partial charge is 0.0168 e. The maximum Gasteiger partial charge on any atom is -0.0168 e. The van der Waals surface area contributed by atoms with Gasteiger partial charge in [-0.15, -0.1) is 0 Å². The first-order chi connectivity index (χ1) is 8.95. The summed E-state index contributed by atoms with van der Waals surface area (Å²) < 4.78 is 0. The maximum absolute atomic E-state index is 4.19. The minimum Gasteiger partial charge on any atom is -0.0998 e. The normalized spacial score (nSPS) is 12.5. The van der Waals surface area contributed by atoms with Gasteiger partial charge in [-0.3, -0.25) is 0 Å². The van der Waals surface area contributed by atoms with E-state index in [2.05, 4.69) is 53.3 Å².